The van der Waals surface area contributed by atoms with E-state index in [1.165, 1.54) is 6.07 Å². The van der Waals surface area contributed by atoms with Gasteiger partial charge in [-0.25, -0.2) is 9.37 Å². The zero-order valence-electron chi connectivity index (χ0n) is 15.9. The smallest absolute Gasteiger partial charge is 0.191 e. The molecule has 0 aliphatic carbocycles. The number of halogens is 1. The number of aryl methyl sites for hydroxylation is 1. The van der Waals surface area contributed by atoms with Crippen LogP contribution in [-0.2, 0) is 13.0 Å². The van der Waals surface area contributed by atoms with Crippen LogP contribution in [-0.4, -0.2) is 57.9 Å². The largest absolute Gasteiger partial charge is 0.357 e. The molecule has 1 aliphatic rings. The van der Waals surface area contributed by atoms with Gasteiger partial charge in [-0.2, -0.15) is 0 Å². The van der Waals surface area contributed by atoms with Crippen LogP contribution in [0.3, 0.4) is 0 Å². The molecule has 0 aromatic carbocycles. The molecule has 0 spiro atoms. The van der Waals surface area contributed by atoms with Crippen LogP contribution in [0, 0.1) is 5.82 Å². The highest BCUT2D eigenvalue weighted by Gasteiger charge is 2.25. The zero-order chi connectivity index (χ0) is 19.1. The van der Waals surface area contributed by atoms with E-state index >= 15 is 0 Å². The van der Waals surface area contributed by atoms with Gasteiger partial charge in [-0.15, -0.1) is 10.2 Å². The molecule has 1 saturated heterocycles. The third-order valence-corrected chi connectivity index (χ3v) is 4.53. The molecule has 2 N–H and O–H groups in total. The molecule has 2 aromatic rings. The normalized spacial score (nSPS) is 17.4. The lowest BCUT2D eigenvalue weighted by Gasteiger charge is -2.20. The molecule has 3 rings (SSSR count). The first-order chi connectivity index (χ1) is 13.2. The van der Waals surface area contributed by atoms with Gasteiger partial charge in [0.1, 0.15) is 12.2 Å². The van der Waals surface area contributed by atoms with Gasteiger partial charge in [-0.3, -0.25) is 4.99 Å². The maximum Gasteiger partial charge on any atom is 0.191 e. The highest BCUT2D eigenvalue weighted by atomic mass is 19.1. The Labute approximate surface area is 158 Å². The van der Waals surface area contributed by atoms with Gasteiger partial charge in [0.05, 0.1) is 6.54 Å². The van der Waals surface area contributed by atoms with Gasteiger partial charge in [0, 0.05) is 44.8 Å². The van der Waals surface area contributed by atoms with E-state index < -0.39 is 0 Å². The zero-order valence-corrected chi connectivity index (χ0v) is 15.9. The van der Waals surface area contributed by atoms with Gasteiger partial charge in [0.2, 0.25) is 0 Å². The fraction of sp³-hybridized carbons (Fsp3) is 0.556. The van der Waals surface area contributed by atoms with Crippen LogP contribution in [0.1, 0.15) is 26.1 Å². The van der Waals surface area contributed by atoms with E-state index in [0.717, 1.165) is 44.3 Å². The Morgan fingerprint density at radius 2 is 2.30 bits per heavy atom. The summed E-state index contributed by atoms with van der Waals surface area (Å²) in [6.45, 7) is 7.72. The molecule has 9 heteroatoms. The second-order valence-corrected chi connectivity index (χ2v) is 6.44. The number of hydrogen-bond acceptors (Lipinski definition) is 5. The molecule has 1 fully saturated rings. The van der Waals surface area contributed by atoms with Gasteiger partial charge in [0.15, 0.2) is 17.6 Å². The van der Waals surface area contributed by atoms with Crippen LogP contribution in [0.15, 0.2) is 29.6 Å². The van der Waals surface area contributed by atoms with Crippen molar-refractivity contribution >= 4 is 11.8 Å². The highest BCUT2D eigenvalue weighted by Crippen LogP contribution is 2.20. The summed E-state index contributed by atoms with van der Waals surface area (Å²) in [5.74, 6) is 1.88. The van der Waals surface area contributed by atoms with Gasteiger partial charge in [0.25, 0.3) is 0 Å². The lowest BCUT2D eigenvalue weighted by atomic mass is 10.3. The summed E-state index contributed by atoms with van der Waals surface area (Å²) in [6.07, 6.45) is 5.13. The molecular formula is C18H27FN8. The first-order valence-corrected chi connectivity index (χ1v) is 9.48. The average Bonchev–Trinajstić information content (AvgIpc) is 3.31. The standard InChI is InChI=1S/C18H27FN8/c1-3-16-25-23-13-27(16)11-9-22-18(20-4-2)24-14-7-10-26(12-14)17-15(19)6-5-8-21-17/h5-6,8,13-14H,3-4,7,9-12H2,1-2H3,(H2,20,22,24). The monoisotopic (exact) mass is 374 g/mol. The molecule has 2 aromatic heterocycles. The Balaban J connectivity index is 1.55. The second kappa shape index (κ2) is 9.29. The first kappa shape index (κ1) is 19.1. The average molecular weight is 374 g/mol. The first-order valence-electron chi connectivity index (χ1n) is 9.48. The molecule has 0 bridgehead atoms. The predicted molar refractivity (Wildman–Crippen MR) is 103 cm³/mol. The van der Waals surface area contributed by atoms with Crippen molar-refractivity contribution in [3.63, 3.8) is 0 Å². The van der Waals surface area contributed by atoms with E-state index in [0.29, 0.717) is 18.9 Å². The fourth-order valence-corrected chi connectivity index (χ4v) is 3.20. The summed E-state index contributed by atoms with van der Waals surface area (Å²) in [4.78, 5) is 10.8. The second-order valence-electron chi connectivity index (χ2n) is 6.44. The van der Waals surface area contributed by atoms with Gasteiger partial charge in [-0.1, -0.05) is 6.92 Å². The number of aromatic nitrogens is 4. The molecule has 0 amide bonds. The number of nitrogens with zero attached hydrogens (tertiary/aromatic N) is 6. The van der Waals surface area contributed by atoms with E-state index in [2.05, 4.69) is 37.7 Å². The lowest BCUT2D eigenvalue weighted by Crippen LogP contribution is -2.44. The van der Waals surface area contributed by atoms with Crippen LogP contribution >= 0.6 is 0 Å². The number of anilines is 1. The summed E-state index contributed by atoms with van der Waals surface area (Å²) in [5.41, 5.74) is 0. The van der Waals surface area contributed by atoms with Crippen molar-refractivity contribution < 1.29 is 4.39 Å². The molecule has 0 saturated carbocycles. The lowest BCUT2D eigenvalue weighted by molar-refractivity contribution is 0.611. The van der Waals surface area contributed by atoms with E-state index in [1.54, 1.807) is 18.6 Å². The number of nitrogens with one attached hydrogen (secondary N) is 2. The minimum Gasteiger partial charge on any atom is -0.357 e. The molecule has 1 unspecified atom stereocenters. The van der Waals surface area contributed by atoms with Gasteiger partial charge in [-0.05, 0) is 25.5 Å². The van der Waals surface area contributed by atoms with Crippen molar-refractivity contribution in [1.29, 1.82) is 0 Å². The quantitative estimate of drug-likeness (QED) is 0.560. The minimum atomic E-state index is -0.278. The number of guanidine groups is 1. The van der Waals surface area contributed by atoms with Crippen LogP contribution in [0.2, 0.25) is 0 Å². The Morgan fingerprint density at radius 3 is 3.07 bits per heavy atom. The predicted octanol–water partition coefficient (Wildman–Crippen LogP) is 1.21. The van der Waals surface area contributed by atoms with Crippen molar-refractivity contribution in [2.45, 2.75) is 39.3 Å². The van der Waals surface area contributed by atoms with E-state index in [-0.39, 0.29) is 11.9 Å². The molecule has 0 radical (unpaired) electrons. The van der Waals surface area contributed by atoms with Crippen LogP contribution < -0.4 is 15.5 Å². The number of hydrogen-bond donors (Lipinski definition) is 2. The Hall–Kier alpha value is -2.71. The van der Waals surface area contributed by atoms with Crippen molar-refractivity contribution in [2.24, 2.45) is 4.99 Å². The summed E-state index contributed by atoms with van der Waals surface area (Å²) in [6, 6.07) is 3.26. The molecule has 146 valence electrons. The van der Waals surface area contributed by atoms with Crippen molar-refractivity contribution in [1.82, 2.24) is 30.4 Å². The van der Waals surface area contributed by atoms with E-state index in [9.17, 15) is 4.39 Å². The van der Waals surface area contributed by atoms with E-state index in [1.807, 2.05) is 16.4 Å². The molecular weight excluding hydrogens is 347 g/mol. The van der Waals surface area contributed by atoms with Crippen LogP contribution in [0.25, 0.3) is 0 Å². The number of pyridine rings is 1. The molecule has 1 aliphatic heterocycles. The fourth-order valence-electron chi connectivity index (χ4n) is 3.20. The minimum absolute atomic E-state index is 0.199. The number of aliphatic imine (C=N–C) groups is 1. The van der Waals surface area contributed by atoms with Crippen LogP contribution in [0.5, 0.6) is 0 Å². The molecule has 1 atom stereocenters. The Morgan fingerprint density at radius 1 is 1.41 bits per heavy atom. The topological polar surface area (TPSA) is 83.3 Å². The van der Waals surface area contributed by atoms with Gasteiger partial charge < -0.3 is 20.1 Å². The third-order valence-electron chi connectivity index (χ3n) is 4.53. The van der Waals surface area contributed by atoms with E-state index in [4.69, 9.17) is 0 Å². The Kier molecular flexibility index (Phi) is 6.56. The van der Waals surface area contributed by atoms with Crippen molar-refractivity contribution in [3.05, 3.63) is 36.3 Å². The maximum absolute atomic E-state index is 13.9. The summed E-state index contributed by atoms with van der Waals surface area (Å²) >= 11 is 0. The van der Waals surface area contributed by atoms with Crippen molar-refractivity contribution in [2.75, 3.05) is 31.1 Å². The molecule has 8 nitrogen and oxygen atoms in total. The third kappa shape index (κ3) is 4.93. The van der Waals surface area contributed by atoms with Gasteiger partial charge >= 0.3 is 0 Å². The van der Waals surface area contributed by atoms with Crippen molar-refractivity contribution in [3.8, 4) is 0 Å². The molecule has 3 heterocycles. The van der Waals surface area contributed by atoms with Crippen LogP contribution in [0.4, 0.5) is 10.2 Å². The highest BCUT2D eigenvalue weighted by molar-refractivity contribution is 5.80. The summed E-state index contributed by atoms with van der Waals surface area (Å²) < 4.78 is 16.0. The SMILES string of the molecule is CCNC(=NCCn1cnnc1CC)NC1CCN(c2ncccc2F)C1. The maximum atomic E-state index is 13.9. The number of rotatable bonds is 7. The summed E-state index contributed by atoms with van der Waals surface area (Å²) in [5, 5.41) is 14.8. The molecule has 27 heavy (non-hydrogen) atoms. The Bertz CT molecular complexity index is 759. The summed E-state index contributed by atoms with van der Waals surface area (Å²) in [7, 11) is 0.